The molecule has 9 nitrogen and oxygen atoms in total. The van der Waals surface area contributed by atoms with E-state index in [9.17, 15) is 8.42 Å². The van der Waals surface area contributed by atoms with Crippen molar-refractivity contribution >= 4 is 26.5 Å². The van der Waals surface area contributed by atoms with Crippen LogP contribution in [0.3, 0.4) is 0 Å². The Morgan fingerprint density at radius 1 is 0.730 bits per heavy atom. The second-order valence-electron chi connectivity index (χ2n) is 8.01. The first-order chi connectivity index (χ1) is 17.8. The number of methoxy groups -OCH3 is 5. The van der Waals surface area contributed by atoms with Gasteiger partial charge in [0.15, 0.2) is 34.9 Å². The number of hydrogen-bond acceptors (Lipinski definition) is 7. The van der Waals surface area contributed by atoms with Crippen LogP contribution in [0.25, 0.3) is 15.5 Å². The molecule has 0 fully saturated rings. The SMILES string of the molecule is COc1ccc(S(=O)(=O)[N-]c2cc(OC)c(OC)cc2Cc2[nH+]ccc3cc(OC)c(OC)cc23)cc1. The first kappa shape index (κ1) is 25.9. The molecule has 0 aliphatic carbocycles. The van der Waals surface area contributed by atoms with E-state index < -0.39 is 10.0 Å². The average molecular weight is 525 g/mol. The van der Waals surface area contributed by atoms with E-state index in [1.807, 2.05) is 24.4 Å². The Morgan fingerprint density at radius 3 is 1.95 bits per heavy atom. The summed E-state index contributed by atoms with van der Waals surface area (Å²) >= 11 is 0. The van der Waals surface area contributed by atoms with Crippen molar-refractivity contribution in [2.45, 2.75) is 11.3 Å². The van der Waals surface area contributed by atoms with Crippen LogP contribution in [0, 0.1) is 0 Å². The number of H-pyrrole nitrogens is 1. The van der Waals surface area contributed by atoms with Crippen LogP contribution in [0.4, 0.5) is 5.69 Å². The maximum absolute atomic E-state index is 13.2. The summed E-state index contributed by atoms with van der Waals surface area (Å²) in [6, 6.07) is 15.0. The van der Waals surface area contributed by atoms with E-state index in [0.29, 0.717) is 40.7 Å². The summed E-state index contributed by atoms with van der Waals surface area (Å²) in [6.45, 7) is 0. The minimum absolute atomic E-state index is 0.0441. The van der Waals surface area contributed by atoms with Gasteiger partial charge in [-0.05, 0) is 59.5 Å². The zero-order chi connectivity index (χ0) is 26.6. The monoisotopic (exact) mass is 524 g/mol. The van der Waals surface area contributed by atoms with Crippen molar-refractivity contribution in [2.24, 2.45) is 0 Å². The molecule has 0 saturated carbocycles. The molecule has 1 N–H and O–H groups in total. The van der Waals surface area contributed by atoms with Crippen LogP contribution >= 0.6 is 0 Å². The lowest BCUT2D eigenvalue weighted by molar-refractivity contribution is -0.387. The van der Waals surface area contributed by atoms with Gasteiger partial charge in [0.05, 0.1) is 52.3 Å². The van der Waals surface area contributed by atoms with Crippen LogP contribution in [0.2, 0.25) is 0 Å². The molecule has 0 saturated heterocycles. The van der Waals surface area contributed by atoms with Crippen LogP contribution in [0.15, 0.2) is 65.7 Å². The molecule has 3 aromatic carbocycles. The van der Waals surface area contributed by atoms with E-state index in [4.69, 9.17) is 23.7 Å². The van der Waals surface area contributed by atoms with Crippen molar-refractivity contribution in [3.63, 3.8) is 0 Å². The highest BCUT2D eigenvalue weighted by Crippen LogP contribution is 2.41. The molecule has 37 heavy (non-hydrogen) atoms. The fourth-order valence-electron chi connectivity index (χ4n) is 4.01. The number of aromatic amines is 1. The van der Waals surface area contributed by atoms with E-state index in [-0.39, 0.29) is 10.6 Å². The Balaban J connectivity index is 1.81. The summed E-state index contributed by atoms with van der Waals surface area (Å²) in [4.78, 5) is 3.32. The predicted molar refractivity (Wildman–Crippen MR) is 139 cm³/mol. The van der Waals surface area contributed by atoms with Crippen LogP contribution < -0.4 is 28.7 Å². The molecular weight excluding hydrogens is 496 g/mol. The maximum Gasteiger partial charge on any atom is 0.192 e. The number of rotatable bonds is 10. The summed E-state index contributed by atoms with van der Waals surface area (Å²) in [5.74, 6) is 2.56. The smallest absolute Gasteiger partial charge is 0.192 e. The number of pyridine rings is 1. The third-order valence-electron chi connectivity index (χ3n) is 5.93. The van der Waals surface area contributed by atoms with Gasteiger partial charge in [-0.3, -0.25) is 0 Å². The second kappa shape index (κ2) is 10.8. The first-order valence-corrected chi connectivity index (χ1v) is 12.7. The number of fused-ring (bicyclic) bond motifs is 1. The molecule has 10 heteroatoms. The van der Waals surface area contributed by atoms with Gasteiger partial charge in [-0.25, -0.2) is 13.4 Å². The topological polar surface area (TPSA) is 109 Å². The fourth-order valence-corrected chi connectivity index (χ4v) is 5.02. The van der Waals surface area contributed by atoms with E-state index in [1.165, 1.54) is 33.5 Å². The summed E-state index contributed by atoms with van der Waals surface area (Å²) < 4.78 is 57.6. The number of hydrogen-bond donors (Lipinski definition) is 0. The molecule has 1 aromatic heterocycles. The average Bonchev–Trinajstić information content (AvgIpc) is 2.92. The van der Waals surface area contributed by atoms with Gasteiger partial charge in [-0.1, -0.05) is 0 Å². The molecule has 0 unspecified atom stereocenters. The highest BCUT2D eigenvalue weighted by Gasteiger charge is 2.17. The van der Waals surface area contributed by atoms with Gasteiger partial charge >= 0.3 is 0 Å². The van der Waals surface area contributed by atoms with Crippen molar-refractivity contribution in [1.29, 1.82) is 0 Å². The molecular formula is C27H28N2O7S. The van der Waals surface area contributed by atoms with Crippen LogP contribution in [-0.2, 0) is 16.4 Å². The zero-order valence-corrected chi connectivity index (χ0v) is 22.0. The molecule has 0 aliphatic heterocycles. The number of benzene rings is 3. The van der Waals surface area contributed by atoms with Gasteiger partial charge in [0.25, 0.3) is 0 Å². The molecule has 0 spiro atoms. The predicted octanol–water partition coefficient (Wildman–Crippen LogP) is 4.68. The van der Waals surface area contributed by atoms with Crippen LogP contribution in [0.5, 0.6) is 28.7 Å². The van der Waals surface area contributed by atoms with E-state index in [0.717, 1.165) is 16.5 Å². The molecule has 0 atom stereocenters. The van der Waals surface area contributed by atoms with Crippen molar-refractivity contribution in [3.8, 4) is 28.7 Å². The summed E-state index contributed by atoms with van der Waals surface area (Å²) in [7, 11) is 3.64. The highest BCUT2D eigenvalue weighted by atomic mass is 32.2. The molecule has 1 heterocycles. The standard InChI is InChI=1S/C27H27N2O7S/c1-32-19-6-8-20(9-7-19)37(30,31)29-22-16-27(36-5)25(34-3)14-18(22)12-23-21-15-26(35-4)24(33-2)13-17(21)10-11-28-23/h6-11,13-16H,12H2,1-5H3/q-1/p+1. The fraction of sp³-hybridized carbons (Fsp3) is 0.222. The molecule has 194 valence electrons. The Labute approximate surface area is 216 Å². The Bertz CT molecular complexity index is 1520. The van der Waals surface area contributed by atoms with E-state index >= 15 is 0 Å². The van der Waals surface area contributed by atoms with Crippen molar-refractivity contribution in [3.05, 3.63) is 76.8 Å². The quantitative estimate of drug-likeness (QED) is 0.296. The summed E-state index contributed by atoms with van der Waals surface area (Å²) in [5.41, 5.74) is 1.68. The normalized spacial score (nSPS) is 11.2. The number of aromatic nitrogens is 1. The number of ether oxygens (including phenoxy) is 5. The Hall–Kier alpha value is -4.18. The van der Waals surface area contributed by atoms with Crippen molar-refractivity contribution in [2.75, 3.05) is 35.5 Å². The minimum Gasteiger partial charge on any atom is -0.572 e. The van der Waals surface area contributed by atoms with E-state index in [2.05, 4.69) is 9.71 Å². The molecule has 0 aliphatic rings. The van der Waals surface area contributed by atoms with Crippen LogP contribution in [-0.4, -0.2) is 44.0 Å². The Morgan fingerprint density at radius 2 is 1.32 bits per heavy atom. The Kier molecular flexibility index (Phi) is 7.58. The van der Waals surface area contributed by atoms with Crippen molar-refractivity contribution in [1.82, 2.24) is 0 Å². The summed E-state index contributed by atoms with van der Waals surface area (Å²) in [6.07, 6.45) is 2.14. The largest absolute Gasteiger partial charge is 0.572 e. The third-order valence-corrected chi connectivity index (χ3v) is 7.23. The van der Waals surface area contributed by atoms with Gasteiger partial charge in [0, 0.05) is 6.07 Å². The molecule has 0 amide bonds. The van der Waals surface area contributed by atoms with Gasteiger partial charge < -0.3 is 28.4 Å². The maximum atomic E-state index is 13.2. The highest BCUT2D eigenvalue weighted by molar-refractivity contribution is 7.94. The first-order valence-electron chi connectivity index (χ1n) is 11.3. The van der Waals surface area contributed by atoms with Gasteiger partial charge in [0.1, 0.15) is 15.8 Å². The number of nitrogens with zero attached hydrogens (tertiary/aromatic N) is 1. The van der Waals surface area contributed by atoms with E-state index in [1.54, 1.807) is 38.5 Å². The number of nitrogens with one attached hydrogen (secondary N) is 1. The minimum atomic E-state index is -4.03. The summed E-state index contributed by atoms with van der Waals surface area (Å²) in [5, 5.41) is 1.81. The third kappa shape index (κ3) is 5.34. The van der Waals surface area contributed by atoms with Gasteiger partial charge in [-0.15, -0.1) is 5.69 Å². The van der Waals surface area contributed by atoms with Crippen LogP contribution in [0.1, 0.15) is 11.3 Å². The molecule has 0 radical (unpaired) electrons. The zero-order valence-electron chi connectivity index (χ0n) is 21.2. The second-order valence-corrected chi connectivity index (χ2v) is 9.61. The lowest BCUT2D eigenvalue weighted by atomic mass is 10.0. The molecule has 4 rings (SSSR count). The lowest BCUT2D eigenvalue weighted by Gasteiger charge is -2.26. The molecule has 0 bridgehead atoms. The number of sulfonamides is 1. The lowest BCUT2D eigenvalue weighted by Crippen LogP contribution is -2.12. The van der Waals surface area contributed by atoms with Gasteiger partial charge in [0.2, 0.25) is 0 Å². The van der Waals surface area contributed by atoms with Gasteiger partial charge in [-0.2, -0.15) is 0 Å². The van der Waals surface area contributed by atoms with Crippen molar-refractivity contribution < 1.29 is 37.1 Å². The molecule has 4 aromatic rings.